The second kappa shape index (κ2) is 27.4. The monoisotopic (exact) mass is 1090 g/mol. The van der Waals surface area contributed by atoms with E-state index in [1.54, 1.807) is 30.3 Å². The topological polar surface area (TPSA) is 134 Å². The third kappa shape index (κ3) is 14.3. The van der Waals surface area contributed by atoms with Crippen LogP contribution in [-0.4, -0.2) is 42.4 Å². The van der Waals surface area contributed by atoms with Crippen LogP contribution < -0.4 is 29.1 Å². The zero-order valence-electron chi connectivity index (χ0n) is 45.1. The molecule has 12 nitrogen and oxygen atoms in total. The molecule has 0 amide bonds. The SMILES string of the molecule is O=c1c(O[C@@H]2OC(COCc3ccccc3)[C@@H](OCc3ccccc3)C(OCc3ccccc3)C2O)c(-c2ccc(OCc3ccccc3)c(OCc3ccccc3)c2)oc2cc(OCc3ccccc3)cc(OCc3ccccc3)c12. The smallest absolute Gasteiger partial charge is 0.239 e. The highest BCUT2D eigenvalue weighted by Crippen LogP contribution is 2.42. The van der Waals surface area contributed by atoms with E-state index in [2.05, 4.69) is 0 Å². The van der Waals surface area contributed by atoms with Gasteiger partial charge in [0.05, 0.1) is 26.4 Å². The van der Waals surface area contributed by atoms with Crippen LogP contribution in [0.1, 0.15) is 38.9 Å². The fourth-order valence-corrected chi connectivity index (χ4v) is 9.60. The molecule has 3 unspecified atom stereocenters. The van der Waals surface area contributed by atoms with E-state index in [4.69, 9.17) is 47.0 Å². The van der Waals surface area contributed by atoms with Gasteiger partial charge in [-0.05, 0) is 57.1 Å². The molecule has 0 saturated carbocycles. The lowest BCUT2D eigenvalue weighted by Crippen LogP contribution is -2.62. The van der Waals surface area contributed by atoms with E-state index in [0.717, 1.165) is 38.9 Å². The summed E-state index contributed by atoms with van der Waals surface area (Å²) in [7, 11) is 0. The van der Waals surface area contributed by atoms with E-state index in [0.29, 0.717) is 22.8 Å². The summed E-state index contributed by atoms with van der Waals surface area (Å²) in [5.74, 6) is 1.12. The molecule has 0 bridgehead atoms. The Morgan fingerprint density at radius 1 is 0.415 bits per heavy atom. The minimum atomic E-state index is -1.55. The van der Waals surface area contributed by atoms with Gasteiger partial charge in [0.15, 0.2) is 17.3 Å². The largest absolute Gasteiger partial charge is 0.489 e. The maximum absolute atomic E-state index is 15.9. The summed E-state index contributed by atoms with van der Waals surface area (Å²) >= 11 is 0. The highest BCUT2D eigenvalue weighted by molar-refractivity contribution is 5.89. The molecule has 10 aromatic rings. The van der Waals surface area contributed by atoms with Crippen molar-refractivity contribution in [2.45, 2.75) is 77.0 Å². The normalized spacial score (nSPS) is 16.8. The van der Waals surface area contributed by atoms with Crippen molar-refractivity contribution in [2.24, 2.45) is 0 Å². The van der Waals surface area contributed by atoms with Crippen LogP contribution in [-0.2, 0) is 65.2 Å². The molecular weight excluding hydrogens is 1030 g/mol. The summed E-state index contributed by atoms with van der Waals surface area (Å²) in [6.45, 7) is 1.35. The fraction of sp³-hybridized carbons (Fsp3) is 0.186. The zero-order chi connectivity index (χ0) is 55.7. The van der Waals surface area contributed by atoms with Gasteiger partial charge in [0.2, 0.25) is 17.5 Å². The number of fused-ring (bicyclic) bond motifs is 1. The van der Waals surface area contributed by atoms with Crippen LogP contribution in [0.15, 0.2) is 252 Å². The van der Waals surface area contributed by atoms with Gasteiger partial charge in [0.1, 0.15) is 73.3 Å². The average Bonchev–Trinajstić information content (AvgIpc) is 3.72. The Labute approximate surface area is 476 Å². The molecule has 1 saturated heterocycles. The summed E-state index contributed by atoms with van der Waals surface area (Å²) in [5.41, 5.74) is 6.34. The van der Waals surface area contributed by atoms with Gasteiger partial charge >= 0.3 is 0 Å². The number of aliphatic hydroxyl groups is 1. The summed E-state index contributed by atoms with van der Waals surface area (Å²) in [6.07, 6.45) is -5.95. The van der Waals surface area contributed by atoms with Gasteiger partial charge in [0, 0.05) is 17.7 Å². The second-order valence-electron chi connectivity index (χ2n) is 19.8. The van der Waals surface area contributed by atoms with Gasteiger partial charge in [-0.2, -0.15) is 0 Å². The molecule has 12 heteroatoms. The van der Waals surface area contributed by atoms with Crippen LogP contribution in [0.2, 0.25) is 0 Å². The molecular formula is C70H62O12. The van der Waals surface area contributed by atoms with Gasteiger partial charge in [-0.15, -0.1) is 0 Å². The number of ether oxygens (including phenoxy) is 9. The molecule has 0 spiro atoms. The highest BCUT2D eigenvalue weighted by atomic mass is 16.7. The predicted octanol–water partition coefficient (Wildman–Crippen LogP) is 13.6. The van der Waals surface area contributed by atoms with E-state index in [1.165, 1.54) is 0 Å². The van der Waals surface area contributed by atoms with Crippen LogP contribution in [0, 0.1) is 0 Å². The summed E-state index contributed by atoms with van der Waals surface area (Å²) in [5, 5.41) is 12.9. The average molecular weight is 1100 g/mol. The summed E-state index contributed by atoms with van der Waals surface area (Å²) in [6, 6.07) is 76.8. The first-order chi connectivity index (χ1) is 40.5. The summed E-state index contributed by atoms with van der Waals surface area (Å²) < 4.78 is 66.6. The molecule has 11 rings (SSSR count). The van der Waals surface area contributed by atoms with Crippen molar-refractivity contribution in [1.82, 2.24) is 0 Å². The molecule has 0 aliphatic carbocycles. The van der Waals surface area contributed by atoms with E-state index in [9.17, 15) is 5.11 Å². The van der Waals surface area contributed by atoms with E-state index >= 15 is 4.79 Å². The van der Waals surface area contributed by atoms with Gasteiger partial charge in [-0.25, -0.2) is 0 Å². The molecule has 5 atom stereocenters. The Kier molecular flexibility index (Phi) is 18.4. The number of rotatable bonds is 25. The van der Waals surface area contributed by atoms with Gasteiger partial charge < -0.3 is 52.2 Å². The van der Waals surface area contributed by atoms with Crippen LogP contribution in [0.5, 0.6) is 28.7 Å². The maximum atomic E-state index is 15.9. The van der Waals surface area contributed by atoms with Crippen molar-refractivity contribution in [3.05, 3.63) is 292 Å². The molecule has 0 radical (unpaired) electrons. The van der Waals surface area contributed by atoms with Gasteiger partial charge in [-0.1, -0.05) is 212 Å². The number of aliphatic hydroxyl groups excluding tert-OH is 1. The predicted molar refractivity (Wildman–Crippen MR) is 312 cm³/mol. The molecule has 1 N–H and O–H groups in total. The zero-order valence-corrected chi connectivity index (χ0v) is 45.1. The van der Waals surface area contributed by atoms with Crippen LogP contribution in [0.4, 0.5) is 0 Å². The second-order valence-corrected chi connectivity index (χ2v) is 19.8. The lowest BCUT2D eigenvalue weighted by molar-refractivity contribution is -0.299. The Hall–Kier alpha value is -9.01. The molecule has 9 aromatic carbocycles. The Morgan fingerprint density at radius 2 is 0.841 bits per heavy atom. The van der Waals surface area contributed by atoms with Crippen molar-refractivity contribution in [2.75, 3.05) is 6.61 Å². The molecule has 1 aliphatic heterocycles. The lowest BCUT2D eigenvalue weighted by Gasteiger charge is -2.44. The quantitative estimate of drug-likeness (QED) is 0.0584. The first-order valence-corrected chi connectivity index (χ1v) is 27.4. The Balaban J connectivity index is 1.03. The molecule has 414 valence electrons. The first-order valence-electron chi connectivity index (χ1n) is 27.4. The van der Waals surface area contributed by atoms with Gasteiger partial charge in [0.25, 0.3) is 0 Å². The van der Waals surface area contributed by atoms with Crippen molar-refractivity contribution in [3.8, 4) is 40.1 Å². The van der Waals surface area contributed by atoms with E-state index in [-0.39, 0.29) is 81.1 Å². The lowest BCUT2D eigenvalue weighted by atomic mass is 9.98. The minimum Gasteiger partial charge on any atom is -0.489 e. The number of benzene rings is 9. The number of hydrogen-bond donors (Lipinski definition) is 1. The third-order valence-electron chi connectivity index (χ3n) is 13.9. The van der Waals surface area contributed by atoms with Crippen molar-refractivity contribution in [3.63, 3.8) is 0 Å². The van der Waals surface area contributed by atoms with Crippen LogP contribution in [0.25, 0.3) is 22.3 Å². The fourth-order valence-electron chi connectivity index (χ4n) is 9.60. The standard InChI is InChI=1S/C70H62O12/c71-64-63-60(77-45-53-30-16-5-17-31-53)39-57(74-42-50-24-10-2-11-25-50)40-61(63)80-66(56-36-37-58(75-43-51-26-12-3-13-27-51)59(38-56)76-44-52-28-14-4-15-29-52)69(64)82-70-65(72)68(79-47-55-34-20-7-21-35-55)67(78-46-54-32-18-6-19-33-54)62(81-70)48-73-41-49-22-8-1-9-23-49/h1-40,62,65,67-68,70,72H,41-48H2/t62?,65?,67-,68?,70+/m1/s1. The minimum absolute atomic E-state index is 0.00109. The molecule has 2 heterocycles. The van der Waals surface area contributed by atoms with Crippen molar-refractivity contribution >= 4 is 11.0 Å². The molecule has 1 aromatic heterocycles. The van der Waals surface area contributed by atoms with E-state index < -0.39 is 36.1 Å². The highest BCUT2D eigenvalue weighted by Gasteiger charge is 2.49. The molecule has 82 heavy (non-hydrogen) atoms. The Morgan fingerprint density at radius 3 is 1.34 bits per heavy atom. The van der Waals surface area contributed by atoms with Crippen LogP contribution >= 0.6 is 0 Å². The Bertz CT molecular complexity index is 3630. The summed E-state index contributed by atoms with van der Waals surface area (Å²) in [4.78, 5) is 15.9. The molecule has 1 fully saturated rings. The maximum Gasteiger partial charge on any atom is 0.239 e. The first kappa shape index (κ1) is 54.9. The third-order valence-corrected chi connectivity index (χ3v) is 13.9. The van der Waals surface area contributed by atoms with E-state index in [1.807, 2.05) is 212 Å². The van der Waals surface area contributed by atoms with Crippen molar-refractivity contribution < 1.29 is 52.2 Å². The van der Waals surface area contributed by atoms with Crippen molar-refractivity contribution in [1.29, 1.82) is 0 Å². The molecule has 1 aliphatic rings. The number of hydrogen-bond acceptors (Lipinski definition) is 12. The van der Waals surface area contributed by atoms with Gasteiger partial charge in [-0.3, -0.25) is 4.79 Å². The van der Waals surface area contributed by atoms with Crippen LogP contribution in [0.3, 0.4) is 0 Å².